The normalized spacial score (nSPS) is 28.4. The van der Waals surface area contributed by atoms with Crippen LogP contribution in [0.2, 0.25) is 0 Å². The van der Waals surface area contributed by atoms with Gasteiger partial charge in [0.15, 0.2) is 0 Å². The van der Waals surface area contributed by atoms with E-state index in [1.807, 2.05) is 24.3 Å². The van der Waals surface area contributed by atoms with Gasteiger partial charge in [-0.15, -0.1) is 0 Å². The molecule has 1 aliphatic rings. The zero-order chi connectivity index (χ0) is 14.1. The highest BCUT2D eigenvalue weighted by Gasteiger charge is 2.45. The number of halogens is 4. The molecular weight excluding hydrogens is 321 g/mol. The van der Waals surface area contributed by atoms with Crippen LogP contribution in [0, 0.1) is 5.92 Å². The SMILES string of the molecule is OC1(Cc2ccc(Br)cc2)CCC(C(F)(F)F)CC1. The fourth-order valence-electron chi connectivity index (χ4n) is 2.64. The van der Waals surface area contributed by atoms with Gasteiger partial charge in [0, 0.05) is 10.9 Å². The number of benzene rings is 1. The van der Waals surface area contributed by atoms with Crippen molar-refractivity contribution in [2.45, 2.75) is 43.9 Å². The van der Waals surface area contributed by atoms with E-state index in [1.54, 1.807) is 0 Å². The van der Waals surface area contributed by atoms with Crippen molar-refractivity contribution < 1.29 is 18.3 Å². The van der Waals surface area contributed by atoms with E-state index in [0.29, 0.717) is 6.42 Å². The van der Waals surface area contributed by atoms with Crippen molar-refractivity contribution >= 4 is 15.9 Å². The molecular formula is C14H16BrF3O. The first-order valence-electron chi connectivity index (χ1n) is 6.32. The average Bonchev–Trinajstić information content (AvgIpc) is 2.31. The molecule has 1 aromatic rings. The molecule has 0 amide bonds. The molecule has 0 radical (unpaired) electrons. The van der Waals surface area contributed by atoms with E-state index in [-0.39, 0.29) is 25.7 Å². The molecule has 106 valence electrons. The molecule has 1 fully saturated rings. The molecule has 0 heterocycles. The monoisotopic (exact) mass is 336 g/mol. The van der Waals surface area contributed by atoms with Crippen molar-refractivity contribution in [1.82, 2.24) is 0 Å². The number of hydrogen-bond donors (Lipinski definition) is 1. The van der Waals surface area contributed by atoms with Gasteiger partial charge in [0.05, 0.1) is 11.5 Å². The third kappa shape index (κ3) is 3.96. The van der Waals surface area contributed by atoms with Gasteiger partial charge in [-0.25, -0.2) is 0 Å². The van der Waals surface area contributed by atoms with Crippen LogP contribution in [0.5, 0.6) is 0 Å². The van der Waals surface area contributed by atoms with Gasteiger partial charge in [-0.3, -0.25) is 0 Å². The number of rotatable bonds is 2. The smallest absolute Gasteiger partial charge is 0.390 e. The van der Waals surface area contributed by atoms with Gasteiger partial charge >= 0.3 is 6.18 Å². The summed E-state index contributed by atoms with van der Waals surface area (Å²) in [6, 6.07) is 7.52. The third-order valence-corrected chi connectivity index (χ3v) is 4.35. The van der Waals surface area contributed by atoms with E-state index < -0.39 is 17.7 Å². The molecule has 1 nitrogen and oxygen atoms in total. The van der Waals surface area contributed by atoms with E-state index in [1.165, 1.54) is 0 Å². The Kier molecular flexibility index (Phi) is 4.26. The molecule has 1 aliphatic carbocycles. The van der Waals surface area contributed by atoms with Gasteiger partial charge in [0.1, 0.15) is 0 Å². The Labute approximate surface area is 119 Å². The predicted octanol–water partition coefficient (Wildman–Crippen LogP) is 4.48. The second-order valence-electron chi connectivity index (χ2n) is 5.34. The van der Waals surface area contributed by atoms with Crippen molar-refractivity contribution in [1.29, 1.82) is 0 Å². The summed E-state index contributed by atoms with van der Waals surface area (Å²) in [5, 5.41) is 10.4. The minimum Gasteiger partial charge on any atom is -0.390 e. The lowest BCUT2D eigenvalue weighted by Gasteiger charge is -2.36. The molecule has 1 N–H and O–H groups in total. The maximum Gasteiger partial charge on any atom is 0.391 e. The van der Waals surface area contributed by atoms with Crippen molar-refractivity contribution in [2.24, 2.45) is 5.92 Å². The van der Waals surface area contributed by atoms with E-state index >= 15 is 0 Å². The highest BCUT2D eigenvalue weighted by atomic mass is 79.9. The van der Waals surface area contributed by atoms with Crippen molar-refractivity contribution in [3.63, 3.8) is 0 Å². The second-order valence-corrected chi connectivity index (χ2v) is 6.26. The molecule has 0 spiro atoms. The van der Waals surface area contributed by atoms with E-state index in [4.69, 9.17) is 0 Å². The van der Waals surface area contributed by atoms with Crippen LogP contribution in [0.15, 0.2) is 28.7 Å². The molecule has 0 aromatic heterocycles. The van der Waals surface area contributed by atoms with Gasteiger partial charge in [-0.2, -0.15) is 13.2 Å². The summed E-state index contributed by atoms with van der Waals surface area (Å²) in [6.07, 6.45) is -3.22. The summed E-state index contributed by atoms with van der Waals surface area (Å²) in [4.78, 5) is 0. The van der Waals surface area contributed by atoms with Crippen LogP contribution < -0.4 is 0 Å². The Balaban J connectivity index is 1.96. The lowest BCUT2D eigenvalue weighted by Crippen LogP contribution is -2.39. The fourth-order valence-corrected chi connectivity index (χ4v) is 2.91. The molecule has 0 bridgehead atoms. The van der Waals surface area contributed by atoms with E-state index in [9.17, 15) is 18.3 Å². The minimum absolute atomic E-state index is 0.0243. The van der Waals surface area contributed by atoms with Crippen molar-refractivity contribution in [3.8, 4) is 0 Å². The van der Waals surface area contributed by atoms with Gasteiger partial charge in [0.2, 0.25) is 0 Å². The molecule has 0 saturated heterocycles. The first-order chi connectivity index (χ1) is 8.78. The van der Waals surface area contributed by atoms with Gasteiger partial charge < -0.3 is 5.11 Å². The van der Waals surface area contributed by atoms with E-state index in [2.05, 4.69) is 15.9 Å². The zero-order valence-corrected chi connectivity index (χ0v) is 12.0. The molecule has 0 unspecified atom stereocenters. The van der Waals surface area contributed by atoms with Crippen LogP contribution in [-0.2, 0) is 6.42 Å². The molecule has 1 aromatic carbocycles. The van der Waals surface area contributed by atoms with Gasteiger partial charge in [-0.1, -0.05) is 28.1 Å². The van der Waals surface area contributed by atoms with Crippen molar-refractivity contribution in [3.05, 3.63) is 34.3 Å². The molecule has 0 aliphatic heterocycles. The Hall–Kier alpha value is -0.550. The van der Waals surface area contributed by atoms with Crippen LogP contribution in [0.4, 0.5) is 13.2 Å². The molecule has 2 rings (SSSR count). The lowest BCUT2D eigenvalue weighted by molar-refractivity contribution is -0.192. The quantitative estimate of drug-likeness (QED) is 0.844. The predicted molar refractivity (Wildman–Crippen MR) is 70.8 cm³/mol. The highest BCUT2D eigenvalue weighted by molar-refractivity contribution is 9.10. The van der Waals surface area contributed by atoms with Gasteiger partial charge in [-0.05, 0) is 43.4 Å². The van der Waals surface area contributed by atoms with Crippen LogP contribution >= 0.6 is 15.9 Å². The Morgan fingerprint density at radius 3 is 2.16 bits per heavy atom. The molecule has 19 heavy (non-hydrogen) atoms. The van der Waals surface area contributed by atoms with Crippen LogP contribution in [0.3, 0.4) is 0 Å². The summed E-state index contributed by atoms with van der Waals surface area (Å²) >= 11 is 3.33. The maximum absolute atomic E-state index is 12.6. The zero-order valence-electron chi connectivity index (χ0n) is 10.4. The molecule has 1 saturated carbocycles. The summed E-state index contributed by atoms with van der Waals surface area (Å²) in [5.41, 5.74) is -0.0357. The molecule has 5 heteroatoms. The second kappa shape index (κ2) is 5.44. The largest absolute Gasteiger partial charge is 0.391 e. The third-order valence-electron chi connectivity index (χ3n) is 3.83. The first-order valence-corrected chi connectivity index (χ1v) is 7.11. The standard InChI is InChI=1S/C14H16BrF3O/c15-12-3-1-10(2-4-12)9-13(19)7-5-11(6-8-13)14(16,17)18/h1-4,11,19H,5-9H2. The minimum atomic E-state index is -4.13. The Bertz CT molecular complexity index is 419. The van der Waals surface area contributed by atoms with Crippen molar-refractivity contribution in [2.75, 3.05) is 0 Å². The first kappa shape index (κ1) is 14.9. The summed E-state index contributed by atoms with van der Waals surface area (Å²) in [5.74, 6) is -1.25. The number of alkyl halides is 3. The lowest BCUT2D eigenvalue weighted by atomic mass is 9.75. The molecule has 0 atom stereocenters. The maximum atomic E-state index is 12.6. The number of hydrogen-bond acceptors (Lipinski definition) is 1. The highest BCUT2D eigenvalue weighted by Crippen LogP contribution is 2.42. The van der Waals surface area contributed by atoms with Crippen LogP contribution in [-0.4, -0.2) is 16.9 Å². The number of aliphatic hydroxyl groups is 1. The van der Waals surface area contributed by atoms with E-state index in [0.717, 1.165) is 10.0 Å². The Morgan fingerprint density at radius 1 is 1.16 bits per heavy atom. The summed E-state index contributed by atoms with van der Waals surface area (Å²) in [6.45, 7) is 0. The summed E-state index contributed by atoms with van der Waals surface area (Å²) < 4.78 is 38.7. The topological polar surface area (TPSA) is 20.2 Å². The fraction of sp³-hybridized carbons (Fsp3) is 0.571. The van der Waals surface area contributed by atoms with Crippen LogP contribution in [0.1, 0.15) is 31.2 Å². The van der Waals surface area contributed by atoms with Gasteiger partial charge in [0.25, 0.3) is 0 Å². The average molecular weight is 337 g/mol. The van der Waals surface area contributed by atoms with Crippen LogP contribution in [0.25, 0.3) is 0 Å². The Morgan fingerprint density at radius 2 is 1.68 bits per heavy atom. The summed E-state index contributed by atoms with van der Waals surface area (Å²) in [7, 11) is 0.